The zero-order chi connectivity index (χ0) is 30.2. The third kappa shape index (κ3) is 5.63. The molecule has 2 unspecified atom stereocenters. The van der Waals surface area contributed by atoms with Crippen LogP contribution < -0.4 is 0 Å². The maximum absolute atomic E-state index is 12.5. The van der Waals surface area contributed by atoms with Gasteiger partial charge < -0.3 is 5.11 Å². The SMILES string of the molecule is Cc1cc(C)c(N=C2P(C3CCCCC3)CCC2(c2cccc(C(C)(C)c3ccccc3)c2O)C2CCCCC2)c(C)c1. The average Bonchev–Trinajstić information content (AvgIpc) is 3.40. The Labute approximate surface area is 262 Å². The minimum Gasteiger partial charge on any atom is -0.507 e. The van der Waals surface area contributed by atoms with Crippen LogP contribution in [0.4, 0.5) is 5.69 Å². The number of para-hydroxylation sites is 1. The summed E-state index contributed by atoms with van der Waals surface area (Å²) >= 11 is 0. The highest BCUT2D eigenvalue weighted by Gasteiger charge is 2.54. The van der Waals surface area contributed by atoms with Crippen molar-refractivity contribution in [1.82, 2.24) is 0 Å². The fraction of sp³-hybridized carbons (Fsp3) is 0.525. The second-order valence-corrected chi connectivity index (χ2v) is 17.0. The van der Waals surface area contributed by atoms with E-state index in [4.69, 9.17) is 4.99 Å². The van der Waals surface area contributed by atoms with Gasteiger partial charge in [0.25, 0.3) is 0 Å². The molecule has 0 bridgehead atoms. The summed E-state index contributed by atoms with van der Waals surface area (Å²) in [6, 6.07) is 22.1. The lowest BCUT2D eigenvalue weighted by Gasteiger charge is -2.43. The maximum Gasteiger partial charge on any atom is 0.123 e. The number of aromatic hydroxyl groups is 1. The van der Waals surface area contributed by atoms with Crippen LogP contribution in [-0.4, -0.2) is 22.4 Å². The fourth-order valence-electron chi connectivity index (χ4n) is 9.01. The lowest BCUT2D eigenvalue weighted by Crippen LogP contribution is -2.41. The van der Waals surface area contributed by atoms with Crippen molar-refractivity contribution in [3.63, 3.8) is 0 Å². The molecule has 3 aliphatic rings. The van der Waals surface area contributed by atoms with Crippen LogP contribution in [0.3, 0.4) is 0 Å². The van der Waals surface area contributed by atoms with E-state index in [0.717, 1.165) is 17.6 Å². The van der Waals surface area contributed by atoms with Crippen LogP contribution >= 0.6 is 7.92 Å². The van der Waals surface area contributed by atoms with Crippen LogP contribution in [0.2, 0.25) is 0 Å². The van der Waals surface area contributed by atoms with Crippen LogP contribution in [0.1, 0.15) is 118 Å². The van der Waals surface area contributed by atoms with Crippen molar-refractivity contribution in [2.45, 2.75) is 122 Å². The van der Waals surface area contributed by atoms with Gasteiger partial charge in [0, 0.05) is 22.0 Å². The van der Waals surface area contributed by atoms with Crippen LogP contribution in [0.5, 0.6) is 5.75 Å². The zero-order valence-electron chi connectivity index (χ0n) is 27.3. The molecule has 2 nitrogen and oxygen atoms in total. The summed E-state index contributed by atoms with van der Waals surface area (Å²) in [4.78, 5) is 5.89. The Hall–Kier alpha value is -2.44. The highest BCUT2D eigenvalue weighted by atomic mass is 31.1. The molecular weight excluding hydrogens is 541 g/mol. The molecule has 43 heavy (non-hydrogen) atoms. The number of benzene rings is 3. The summed E-state index contributed by atoms with van der Waals surface area (Å²) < 4.78 is 0. The van der Waals surface area contributed by atoms with Crippen molar-refractivity contribution in [1.29, 1.82) is 0 Å². The largest absolute Gasteiger partial charge is 0.507 e. The van der Waals surface area contributed by atoms with Crippen molar-refractivity contribution < 1.29 is 5.11 Å². The molecule has 1 saturated heterocycles. The van der Waals surface area contributed by atoms with E-state index in [1.807, 2.05) is 0 Å². The zero-order valence-corrected chi connectivity index (χ0v) is 28.1. The smallest absolute Gasteiger partial charge is 0.123 e. The van der Waals surface area contributed by atoms with Crippen LogP contribution in [0.25, 0.3) is 0 Å². The van der Waals surface area contributed by atoms with Gasteiger partial charge in [0.1, 0.15) is 5.75 Å². The number of phenolic OH excluding ortho intramolecular Hbond substituents is 1. The first-order valence-electron chi connectivity index (χ1n) is 17.1. The molecule has 3 aromatic carbocycles. The van der Waals surface area contributed by atoms with Gasteiger partial charge in [-0.3, -0.25) is 4.99 Å². The van der Waals surface area contributed by atoms with Crippen molar-refractivity contribution in [2.24, 2.45) is 10.9 Å². The monoisotopic (exact) mass is 593 g/mol. The highest BCUT2D eigenvalue weighted by Crippen LogP contribution is 2.66. The topological polar surface area (TPSA) is 32.6 Å². The summed E-state index contributed by atoms with van der Waals surface area (Å²) in [7, 11) is -0.374. The fourth-order valence-corrected chi connectivity index (χ4v) is 12.7. The van der Waals surface area contributed by atoms with Gasteiger partial charge in [-0.25, -0.2) is 0 Å². The molecule has 2 saturated carbocycles. The molecule has 2 aliphatic carbocycles. The van der Waals surface area contributed by atoms with E-state index < -0.39 is 0 Å². The van der Waals surface area contributed by atoms with E-state index in [9.17, 15) is 5.11 Å². The van der Waals surface area contributed by atoms with Crippen molar-refractivity contribution in [2.75, 3.05) is 6.16 Å². The summed E-state index contributed by atoms with van der Waals surface area (Å²) in [5.74, 6) is 1.05. The lowest BCUT2D eigenvalue weighted by molar-refractivity contribution is 0.256. The van der Waals surface area contributed by atoms with Crippen molar-refractivity contribution >= 4 is 19.1 Å². The summed E-state index contributed by atoms with van der Waals surface area (Å²) in [6.45, 7) is 11.2. The number of rotatable bonds is 6. The second kappa shape index (κ2) is 12.5. The Bertz CT molecular complexity index is 1440. The van der Waals surface area contributed by atoms with Gasteiger partial charge in [0.15, 0.2) is 0 Å². The minimum atomic E-state index is -0.374. The van der Waals surface area contributed by atoms with Crippen molar-refractivity contribution in [3.8, 4) is 5.75 Å². The number of hydrogen-bond donors (Lipinski definition) is 1. The molecule has 3 aromatic rings. The van der Waals surface area contributed by atoms with Crippen molar-refractivity contribution in [3.05, 3.63) is 94.0 Å². The van der Waals surface area contributed by atoms with Gasteiger partial charge in [0.2, 0.25) is 0 Å². The van der Waals surface area contributed by atoms with Gasteiger partial charge in [-0.05, 0) is 87.3 Å². The minimum absolute atomic E-state index is 0.194. The van der Waals surface area contributed by atoms with Gasteiger partial charge >= 0.3 is 0 Å². The Morgan fingerprint density at radius 3 is 2.07 bits per heavy atom. The molecule has 0 amide bonds. The number of nitrogens with zero attached hydrogens (tertiary/aromatic N) is 1. The van der Waals surface area contributed by atoms with E-state index in [-0.39, 0.29) is 18.8 Å². The number of aryl methyl sites for hydroxylation is 3. The Morgan fingerprint density at radius 2 is 1.42 bits per heavy atom. The molecule has 1 aliphatic heterocycles. The molecule has 0 spiro atoms. The summed E-state index contributed by atoms with van der Waals surface area (Å²) in [5, 5.41) is 12.5. The second-order valence-electron chi connectivity index (χ2n) is 14.4. The first kappa shape index (κ1) is 30.6. The molecule has 2 atom stereocenters. The third-order valence-electron chi connectivity index (χ3n) is 11.3. The Morgan fingerprint density at radius 1 is 0.791 bits per heavy atom. The van der Waals surface area contributed by atoms with Gasteiger partial charge in [-0.15, -0.1) is 0 Å². The summed E-state index contributed by atoms with van der Waals surface area (Å²) in [5.41, 5.74) is 10.3. The van der Waals surface area contributed by atoms with Crippen LogP contribution in [-0.2, 0) is 10.8 Å². The molecular formula is C40H52NOP. The van der Waals surface area contributed by atoms with E-state index in [1.165, 1.54) is 109 Å². The molecule has 3 fully saturated rings. The molecule has 1 heterocycles. The average molecular weight is 594 g/mol. The maximum atomic E-state index is 12.5. The van der Waals surface area contributed by atoms with Crippen LogP contribution in [0, 0.1) is 26.7 Å². The van der Waals surface area contributed by atoms with E-state index in [2.05, 4.69) is 95.3 Å². The van der Waals surface area contributed by atoms with E-state index in [1.54, 1.807) is 0 Å². The standard InChI is InChI=1S/C40H52NOP/c1-28-26-29(2)36(30(3)27-28)41-38-40(32-18-11-7-12-19-32,24-25-43(38)33-20-13-8-14-21-33)35-23-15-22-34(37(35)42)39(4,5)31-16-9-6-10-17-31/h6,9-10,15-17,22-23,26-27,32-33,42H,7-8,11-14,18-21,24-25H2,1-5H3. The Kier molecular flexibility index (Phi) is 8.90. The predicted molar refractivity (Wildman–Crippen MR) is 186 cm³/mol. The first-order chi connectivity index (χ1) is 20.7. The number of aliphatic imine (C=N–C) groups is 1. The molecule has 1 N–H and O–H groups in total. The van der Waals surface area contributed by atoms with Crippen LogP contribution in [0.15, 0.2) is 65.7 Å². The van der Waals surface area contributed by atoms with Gasteiger partial charge in [0.05, 0.1) is 11.1 Å². The quantitative estimate of drug-likeness (QED) is 0.283. The lowest BCUT2D eigenvalue weighted by atomic mass is 9.63. The Balaban J connectivity index is 1.59. The predicted octanol–water partition coefficient (Wildman–Crippen LogP) is 11.4. The molecule has 3 heteroatoms. The number of hydrogen-bond acceptors (Lipinski definition) is 2. The number of phenols is 1. The van der Waals surface area contributed by atoms with Gasteiger partial charge in [-0.1, -0.05) is 127 Å². The molecule has 6 rings (SSSR count). The summed E-state index contributed by atoms with van der Waals surface area (Å²) in [6.07, 6.45) is 15.6. The normalized spacial score (nSPS) is 25.0. The van der Waals surface area contributed by atoms with Gasteiger partial charge in [-0.2, -0.15) is 0 Å². The van der Waals surface area contributed by atoms with E-state index in [0.29, 0.717) is 11.7 Å². The molecule has 228 valence electrons. The van der Waals surface area contributed by atoms with E-state index >= 15 is 0 Å². The first-order valence-corrected chi connectivity index (χ1v) is 18.6. The molecule has 0 aromatic heterocycles. The third-order valence-corrected chi connectivity index (χ3v) is 14.4. The highest BCUT2D eigenvalue weighted by molar-refractivity contribution is 7.76. The molecule has 0 radical (unpaired) electrons.